The number of hydrogen-bond acceptors (Lipinski definition) is 8. The summed E-state index contributed by atoms with van der Waals surface area (Å²) in [5.41, 5.74) is 2.13. The number of hydrogen-bond donors (Lipinski definition) is 1. The van der Waals surface area contributed by atoms with Gasteiger partial charge in [0.2, 0.25) is 0 Å². The smallest absolute Gasteiger partial charge is 0.329 e. The SMILES string of the molecule is CCOC(=O)C(C)N1C(=O)S/C(=C/c2cccc(OC)c2OCC(=O)Nc2ccc(C)cc2)C1=O. The van der Waals surface area contributed by atoms with E-state index in [1.807, 2.05) is 19.1 Å². The molecule has 10 heteroatoms. The van der Waals surface area contributed by atoms with Crippen molar-refractivity contribution in [2.75, 3.05) is 25.6 Å². The van der Waals surface area contributed by atoms with Crippen LogP contribution in [0.15, 0.2) is 47.4 Å². The highest BCUT2D eigenvalue weighted by molar-refractivity contribution is 8.18. The van der Waals surface area contributed by atoms with Crippen LogP contribution in [0.4, 0.5) is 10.5 Å². The first-order chi connectivity index (χ1) is 16.7. The first kappa shape index (κ1) is 25.8. The van der Waals surface area contributed by atoms with Gasteiger partial charge in [-0.1, -0.05) is 29.8 Å². The Labute approximate surface area is 207 Å². The van der Waals surface area contributed by atoms with Crippen molar-refractivity contribution in [3.63, 3.8) is 0 Å². The summed E-state index contributed by atoms with van der Waals surface area (Å²) in [5, 5.41) is 2.17. The average Bonchev–Trinajstić information content (AvgIpc) is 3.11. The normalized spacial score (nSPS) is 15.2. The number of thioether (sulfide) groups is 1. The van der Waals surface area contributed by atoms with Crippen LogP contribution in [0.1, 0.15) is 25.0 Å². The van der Waals surface area contributed by atoms with E-state index in [2.05, 4.69) is 5.32 Å². The van der Waals surface area contributed by atoms with Crippen LogP contribution in [-0.2, 0) is 19.1 Å². The van der Waals surface area contributed by atoms with Gasteiger partial charge in [0.1, 0.15) is 6.04 Å². The Hall–Kier alpha value is -3.79. The summed E-state index contributed by atoms with van der Waals surface area (Å²) in [6, 6.07) is 11.3. The first-order valence-electron chi connectivity index (χ1n) is 10.8. The zero-order valence-corrected chi connectivity index (χ0v) is 20.6. The highest BCUT2D eigenvalue weighted by Gasteiger charge is 2.41. The number of imide groups is 1. The molecule has 1 atom stereocenters. The number of para-hydroxylation sites is 1. The second kappa shape index (κ2) is 11.6. The molecule has 1 heterocycles. The molecule has 0 aromatic heterocycles. The summed E-state index contributed by atoms with van der Waals surface area (Å²) >= 11 is 0.705. The molecule has 2 aromatic rings. The van der Waals surface area contributed by atoms with Gasteiger partial charge in [-0.15, -0.1) is 0 Å². The van der Waals surface area contributed by atoms with Crippen LogP contribution in [0.2, 0.25) is 0 Å². The molecule has 1 saturated heterocycles. The minimum absolute atomic E-state index is 0.105. The van der Waals surface area contributed by atoms with Crippen molar-refractivity contribution in [2.24, 2.45) is 0 Å². The van der Waals surface area contributed by atoms with Crippen molar-refractivity contribution in [3.8, 4) is 11.5 Å². The molecule has 35 heavy (non-hydrogen) atoms. The molecular weight excluding hydrogens is 472 g/mol. The molecule has 9 nitrogen and oxygen atoms in total. The van der Waals surface area contributed by atoms with Gasteiger partial charge in [-0.3, -0.25) is 19.3 Å². The van der Waals surface area contributed by atoms with Gasteiger partial charge in [0.05, 0.1) is 18.6 Å². The lowest BCUT2D eigenvalue weighted by Gasteiger charge is -2.19. The number of esters is 1. The number of benzene rings is 2. The number of anilines is 1. The second-order valence-corrected chi connectivity index (χ2v) is 8.55. The molecule has 0 aliphatic carbocycles. The maximum absolute atomic E-state index is 12.9. The zero-order chi connectivity index (χ0) is 25.5. The van der Waals surface area contributed by atoms with Crippen molar-refractivity contribution >= 4 is 46.5 Å². The predicted octanol–water partition coefficient (Wildman–Crippen LogP) is 4.01. The summed E-state index contributed by atoms with van der Waals surface area (Å²) < 4.78 is 16.1. The fourth-order valence-corrected chi connectivity index (χ4v) is 4.16. The minimum atomic E-state index is -1.06. The van der Waals surface area contributed by atoms with Crippen molar-refractivity contribution < 1.29 is 33.4 Å². The molecule has 0 saturated carbocycles. The van der Waals surface area contributed by atoms with Crippen molar-refractivity contribution in [2.45, 2.75) is 26.8 Å². The molecule has 0 radical (unpaired) electrons. The Morgan fingerprint density at radius 3 is 2.51 bits per heavy atom. The van der Waals surface area contributed by atoms with Crippen molar-refractivity contribution in [3.05, 3.63) is 58.5 Å². The van der Waals surface area contributed by atoms with Gasteiger partial charge in [-0.05, 0) is 56.8 Å². The van der Waals surface area contributed by atoms with Crippen LogP contribution in [-0.4, -0.2) is 54.3 Å². The van der Waals surface area contributed by atoms with Crippen LogP contribution < -0.4 is 14.8 Å². The molecular formula is C25H26N2O7S. The molecule has 1 fully saturated rings. The molecule has 1 N–H and O–H groups in total. The summed E-state index contributed by atoms with van der Waals surface area (Å²) in [4.78, 5) is 50.8. The molecule has 1 aliphatic rings. The van der Waals surface area contributed by atoms with Crippen LogP contribution >= 0.6 is 11.8 Å². The Balaban J connectivity index is 1.79. The largest absolute Gasteiger partial charge is 0.493 e. The number of nitrogens with one attached hydrogen (secondary N) is 1. The lowest BCUT2D eigenvalue weighted by Crippen LogP contribution is -2.42. The van der Waals surface area contributed by atoms with Gasteiger partial charge in [-0.25, -0.2) is 4.79 Å². The Bertz CT molecular complexity index is 1160. The maximum Gasteiger partial charge on any atom is 0.329 e. The summed E-state index contributed by atoms with van der Waals surface area (Å²) in [6.45, 7) is 4.85. The van der Waals surface area contributed by atoms with Gasteiger partial charge >= 0.3 is 5.97 Å². The fraction of sp³-hybridized carbons (Fsp3) is 0.280. The molecule has 0 bridgehead atoms. The lowest BCUT2D eigenvalue weighted by molar-refractivity contribution is -0.150. The minimum Gasteiger partial charge on any atom is -0.493 e. The molecule has 3 rings (SSSR count). The standard InChI is InChI=1S/C25H26N2O7S/c1-5-33-24(30)16(3)27-23(29)20(35-25(27)31)13-17-7-6-8-19(32-4)22(17)34-14-21(28)26-18-11-9-15(2)10-12-18/h6-13,16H,5,14H2,1-4H3,(H,26,28)/b20-13+. The van der Waals surface area contributed by atoms with Crippen molar-refractivity contribution in [1.82, 2.24) is 4.90 Å². The van der Waals surface area contributed by atoms with E-state index in [9.17, 15) is 19.2 Å². The van der Waals surface area contributed by atoms with Gasteiger partial charge in [-0.2, -0.15) is 0 Å². The Morgan fingerprint density at radius 1 is 1.14 bits per heavy atom. The van der Waals surface area contributed by atoms with E-state index in [-0.39, 0.29) is 29.8 Å². The van der Waals surface area contributed by atoms with Crippen LogP contribution in [0.5, 0.6) is 11.5 Å². The summed E-state index contributed by atoms with van der Waals surface area (Å²) in [6.07, 6.45) is 1.47. The van der Waals surface area contributed by atoms with Crippen LogP contribution in [0.25, 0.3) is 6.08 Å². The molecule has 1 aliphatic heterocycles. The van der Waals surface area contributed by atoms with E-state index in [0.29, 0.717) is 28.8 Å². The number of aryl methyl sites for hydroxylation is 1. The Kier molecular flexibility index (Phi) is 8.53. The van der Waals surface area contributed by atoms with E-state index >= 15 is 0 Å². The lowest BCUT2D eigenvalue weighted by atomic mass is 10.1. The van der Waals surface area contributed by atoms with E-state index in [4.69, 9.17) is 14.2 Å². The first-order valence-corrected chi connectivity index (χ1v) is 11.7. The topological polar surface area (TPSA) is 111 Å². The zero-order valence-electron chi connectivity index (χ0n) is 19.8. The number of ether oxygens (including phenoxy) is 3. The van der Waals surface area contributed by atoms with E-state index in [1.54, 1.807) is 37.3 Å². The van der Waals surface area contributed by atoms with E-state index < -0.39 is 23.2 Å². The third-order valence-corrected chi connectivity index (χ3v) is 5.92. The number of amides is 3. The molecule has 3 amide bonds. The highest BCUT2D eigenvalue weighted by atomic mass is 32.2. The second-order valence-electron chi connectivity index (χ2n) is 7.56. The number of nitrogens with zero attached hydrogens (tertiary/aromatic N) is 1. The average molecular weight is 499 g/mol. The number of carbonyl (C=O) groups is 4. The third-order valence-electron chi connectivity index (χ3n) is 5.04. The van der Waals surface area contributed by atoms with Crippen LogP contribution in [0, 0.1) is 6.92 Å². The van der Waals surface area contributed by atoms with Crippen molar-refractivity contribution in [1.29, 1.82) is 0 Å². The molecule has 184 valence electrons. The van der Waals surface area contributed by atoms with Gasteiger partial charge in [0.15, 0.2) is 18.1 Å². The maximum atomic E-state index is 12.9. The van der Waals surface area contributed by atoms with Crippen LogP contribution in [0.3, 0.4) is 0 Å². The van der Waals surface area contributed by atoms with Gasteiger partial charge < -0.3 is 19.5 Å². The summed E-state index contributed by atoms with van der Waals surface area (Å²) in [5.74, 6) is -1.08. The quantitative estimate of drug-likeness (QED) is 0.408. The third kappa shape index (κ3) is 6.21. The fourth-order valence-electron chi connectivity index (χ4n) is 3.26. The predicted molar refractivity (Wildman–Crippen MR) is 132 cm³/mol. The highest BCUT2D eigenvalue weighted by Crippen LogP contribution is 2.38. The van der Waals surface area contributed by atoms with Gasteiger partial charge in [0, 0.05) is 11.3 Å². The number of rotatable bonds is 9. The van der Waals surface area contributed by atoms with Gasteiger partial charge in [0.25, 0.3) is 17.1 Å². The molecule has 2 aromatic carbocycles. The van der Waals surface area contributed by atoms with E-state index in [0.717, 1.165) is 10.5 Å². The monoisotopic (exact) mass is 498 g/mol. The Morgan fingerprint density at radius 2 is 1.86 bits per heavy atom. The molecule has 0 spiro atoms. The molecule has 1 unspecified atom stereocenters. The summed E-state index contributed by atoms with van der Waals surface area (Å²) in [7, 11) is 1.45. The number of carbonyl (C=O) groups excluding carboxylic acids is 4. The van der Waals surface area contributed by atoms with E-state index in [1.165, 1.54) is 20.1 Å². The number of methoxy groups -OCH3 is 1.